The van der Waals surface area contributed by atoms with Gasteiger partial charge in [0, 0.05) is 30.9 Å². The molecule has 3 rings (SSSR count). The molecule has 0 unspecified atom stereocenters. The average Bonchev–Trinajstić information content (AvgIpc) is 3.15. The van der Waals surface area contributed by atoms with Gasteiger partial charge in [-0.05, 0) is 43.4 Å². The van der Waals surface area contributed by atoms with Crippen molar-refractivity contribution in [1.29, 1.82) is 0 Å². The topological polar surface area (TPSA) is 61.4 Å². The molecule has 0 aliphatic heterocycles. The van der Waals surface area contributed by atoms with Gasteiger partial charge in [0.1, 0.15) is 5.75 Å². The van der Waals surface area contributed by atoms with Gasteiger partial charge in [-0.25, -0.2) is 4.98 Å². The molecule has 5 nitrogen and oxygen atoms in total. The molecule has 0 saturated carbocycles. The van der Waals surface area contributed by atoms with Crippen LogP contribution in [-0.4, -0.2) is 40.2 Å². The number of ether oxygens (including phenoxy) is 1. The number of nitrogens with one attached hydrogen (secondary N) is 1. The molecule has 23 heavy (non-hydrogen) atoms. The van der Waals surface area contributed by atoms with Crippen LogP contribution in [0.25, 0.3) is 0 Å². The largest absolute Gasteiger partial charge is 0.496 e. The lowest BCUT2D eigenvalue weighted by atomic mass is 10.0. The van der Waals surface area contributed by atoms with Gasteiger partial charge in [-0.2, -0.15) is 0 Å². The van der Waals surface area contributed by atoms with Gasteiger partial charge in [-0.15, -0.1) is 0 Å². The third-order valence-electron chi connectivity index (χ3n) is 4.61. The highest BCUT2D eigenvalue weighted by Crippen LogP contribution is 2.30. The van der Waals surface area contributed by atoms with Crippen LogP contribution in [0, 0.1) is 6.92 Å². The number of methoxy groups -OCH3 is 1. The maximum atomic E-state index is 9.39. The van der Waals surface area contributed by atoms with Crippen LogP contribution in [-0.2, 0) is 25.9 Å². The molecular formula is C18H25N3O2. The summed E-state index contributed by atoms with van der Waals surface area (Å²) in [5, 5.41) is 9.39. The van der Waals surface area contributed by atoms with Crippen molar-refractivity contribution in [2.45, 2.75) is 39.3 Å². The first-order valence-electron chi connectivity index (χ1n) is 8.22. The average molecular weight is 315 g/mol. The third-order valence-corrected chi connectivity index (χ3v) is 4.61. The summed E-state index contributed by atoms with van der Waals surface area (Å²) in [6.07, 6.45) is 5.26. The lowest BCUT2D eigenvalue weighted by molar-refractivity contribution is 0.181. The Morgan fingerprint density at radius 2 is 2.04 bits per heavy atom. The number of aliphatic hydroxyl groups excluding tert-OH is 1. The zero-order valence-electron chi connectivity index (χ0n) is 13.9. The Bertz CT molecular complexity index is 666. The summed E-state index contributed by atoms with van der Waals surface area (Å²) in [6.45, 7) is 4.25. The van der Waals surface area contributed by atoms with Crippen LogP contribution in [0.2, 0.25) is 0 Å². The third kappa shape index (κ3) is 3.57. The van der Waals surface area contributed by atoms with Crippen molar-refractivity contribution in [3.05, 3.63) is 46.5 Å². The van der Waals surface area contributed by atoms with Crippen molar-refractivity contribution < 1.29 is 9.84 Å². The van der Waals surface area contributed by atoms with E-state index in [1.165, 1.54) is 23.1 Å². The van der Waals surface area contributed by atoms with Crippen LogP contribution in [0.1, 0.15) is 34.5 Å². The quantitative estimate of drug-likeness (QED) is 0.822. The Morgan fingerprint density at radius 1 is 1.26 bits per heavy atom. The first-order valence-corrected chi connectivity index (χ1v) is 8.22. The molecule has 1 aromatic carbocycles. The van der Waals surface area contributed by atoms with E-state index in [1.54, 1.807) is 13.4 Å². The number of fused-ring (bicyclic) bond motifs is 1. The minimum Gasteiger partial charge on any atom is -0.496 e. The monoisotopic (exact) mass is 315 g/mol. The summed E-state index contributed by atoms with van der Waals surface area (Å²) in [5.41, 5.74) is 6.16. The predicted molar refractivity (Wildman–Crippen MR) is 89.5 cm³/mol. The Labute approximate surface area is 137 Å². The maximum Gasteiger partial charge on any atom is 0.123 e. The molecule has 0 amide bonds. The zero-order chi connectivity index (χ0) is 16.2. The van der Waals surface area contributed by atoms with Crippen molar-refractivity contribution in [3.63, 3.8) is 0 Å². The van der Waals surface area contributed by atoms with Crippen LogP contribution >= 0.6 is 0 Å². The second-order valence-corrected chi connectivity index (χ2v) is 6.19. The van der Waals surface area contributed by atoms with Crippen LogP contribution in [0.4, 0.5) is 0 Å². The van der Waals surface area contributed by atoms with Gasteiger partial charge in [0.2, 0.25) is 0 Å². The molecule has 5 heteroatoms. The molecule has 2 aromatic rings. The maximum absolute atomic E-state index is 9.39. The number of hydrogen-bond acceptors (Lipinski definition) is 4. The SMILES string of the molecule is COc1cc2c(cc1CN(CCO)Cc1nc[nH]c1C)CCC2. The Balaban J connectivity index is 1.81. The fraction of sp³-hybridized carbons (Fsp3) is 0.500. The van der Waals surface area contributed by atoms with Crippen LogP contribution in [0.15, 0.2) is 18.5 Å². The number of nitrogens with zero attached hydrogens (tertiary/aromatic N) is 2. The Morgan fingerprint density at radius 3 is 2.70 bits per heavy atom. The normalized spacial score (nSPS) is 13.6. The molecule has 0 saturated heterocycles. The summed E-state index contributed by atoms with van der Waals surface area (Å²) in [4.78, 5) is 9.69. The number of rotatable bonds is 7. The molecule has 0 radical (unpaired) electrons. The molecule has 1 aromatic heterocycles. The molecule has 0 atom stereocenters. The van der Waals surface area contributed by atoms with Crippen molar-refractivity contribution >= 4 is 0 Å². The molecule has 0 spiro atoms. The van der Waals surface area contributed by atoms with E-state index in [-0.39, 0.29) is 6.61 Å². The summed E-state index contributed by atoms with van der Waals surface area (Å²) in [5.74, 6) is 0.951. The van der Waals surface area contributed by atoms with E-state index < -0.39 is 0 Å². The molecule has 124 valence electrons. The van der Waals surface area contributed by atoms with Crippen LogP contribution in [0.3, 0.4) is 0 Å². The second-order valence-electron chi connectivity index (χ2n) is 6.19. The molecule has 1 aliphatic carbocycles. The highest BCUT2D eigenvalue weighted by molar-refractivity contribution is 5.44. The van der Waals surface area contributed by atoms with Gasteiger partial charge >= 0.3 is 0 Å². The minimum atomic E-state index is 0.136. The number of hydrogen-bond donors (Lipinski definition) is 2. The van der Waals surface area contributed by atoms with Crippen LogP contribution in [0.5, 0.6) is 5.75 Å². The molecule has 0 bridgehead atoms. The standard InChI is InChI=1S/C18H25N3O2/c1-13-17(20-12-19-13)11-21(6-7-22)10-16-8-14-4-3-5-15(14)9-18(16)23-2/h8-9,12,22H,3-7,10-11H2,1-2H3,(H,19,20). The highest BCUT2D eigenvalue weighted by Gasteiger charge is 2.18. The first-order chi connectivity index (χ1) is 11.2. The molecule has 1 heterocycles. The number of imidazole rings is 1. The number of aryl methyl sites for hydroxylation is 3. The number of benzene rings is 1. The first kappa shape index (κ1) is 16.0. The molecular weight excluding hydrogens is 290 g/mol. The smallest absolute Gasteiger partial charge is 0.123 e. The van der Waals surface area contributed by atoms with E-state index in [4.69, 9.17) is 4.74 Å². The van der Waals surface area contributed by atoms with E-state index >= 15 is 0 Å². The fourth-order valence-corrected chi connectivity index (χ4v) is 3.32. The van der Waals surface area contributed by atoms with Gasteiger partial charge in [0.05, 0.1) is 25.7 Å². The van der Waals surface area contributed by atoms with Gasteiger partial charge in [-0.1, -0.05) is 6.07 Å². The lowest BCUT2D eigenvalue weighted by Crippen LogP contribution is -2.27. The summed E-state index contributed by atoms with van der Waals surface area (Å²) in [6, 6.07) is 4.47. The number of aliphatic hydroxyl groups is 1. The molecule has 1 aliphatic rings. The van der Waals surface area contributed by atoms with Crippen LogP contribution < -0.4 is 4.74 Å². The minimum absolute atomic E-state index is 0.136. The second kappa shape index (κ2) is 7.15. The summed E-state index contributed by atoms with van der Waals surface area (Å²) < 4.78 is 5.60. The summed E-state index contributed by atoms with van der Waals surface area (Å²) in [7, 11) is 1.73. The van der Waals surface area contributed by atoms with Crippen molar-refractivity contribution in [3.8, 4) is 5.75 Å². The Kier molecular flexibility index (Phi) is 4.98. The number of aromatic nitrogens is 2. The van der Waals surface area contributed by atoms with Crippen molar-refractivity contribution in [2.24, 2.45) is 0 Å². The number of aromatic amines is 1. The van der Waals surface area contributed by atoms with Crippen molar-refractivity contribution in [1.82, 2.24) is 14.9 Å². The number of H-pyrrole nitrogens is 1. The van der Waals surface area contributed by atoms with Gasteiger partial charge in [0.15, 0.2) is 0 Å². The van der Waals surface area contributed by atoms with E-state index in [0.717, 1.165) is 43.1 Å². The van der Waals surface area contributed by atoms with Gasteiger partial charge in [-0.3, -0.25) is 4.90 Å². The molecule has 0 fully saturated rings. The predicted octanol–water partition coefficient (Wildman–Crippen LogP) is 2.21. The highest BCUT2D eigenvalue weighted by atomic mass is 16.5. The van der Waals surface area contributed by atoms with Gasteiger partial charge < -0.3 is 14.8 Å². The lowest BCUT2D eigenvalue weighted by Gasteiger charge is -2.22. The van der Waals surface area contributed by atoms with E-state index in [9.17, 15) is 5.11 Å². The van der Waals surface area contributed by atoms with E-state index in [1.807, 2.05) is 6.92 Å². The van der Waals surface area contributed by atoms with Crippen molar-refractivity contribution in [2.75, 3.05) is 20.3 Å². The zero-order valence-corrected chi connectivity index (χ0v) is 13.9. The molecule has 2 N–H and O–H groups in total. The van der Waals surface area contributed by atoms with E-state index in [2.05, 4.69) is 27.0 Å². The van der Waals surface area contributed by atoms with Gasteiger partial charge in [0.25, 0.3) is 0 Å². The van der Waals surface area contributed by atoms with E-state index in [0.29, 0.717) is 6.54 Å². The summed E-state index contributed by atoms with van der Waals surface area (Å²) >= 11 is 0. The Hall–Kier alpha value is -1.85. The fourth-order valence-electron chi connectivity index (χ4n) is 3.32.